The third-order valence-electron chi connectivity index (χ3n) is 4.31. The summed E-state index contributed by atoms with van der Waals surface area (Å²) in [6.07, 6.45) is 0.784. The van der Waals surface area contributed by atoms with Crippen molar-refractivity contribution < 1.29 is 17.7 Å². The van der Waals surface area contributed by atoms with Gasteiger partial charge < -0.3 is 0 Å². The van der Waals surface area contributed by atoms with Gasteiger partial charge in [-0.2, -0.15) is 0 Å². The van der Waals surface area contributed by atoms with Crippen molar-refractivity contribution in [2.45, 2.75) is 44.6 Å². The van der Waals surface area contributed by atoms with Gasteiger partial charge in [0, 0.05) is 25.8 Å². The molecule has 0 aliphatic heterocycles. The van der Waals surface area contributed by atoms with Gasteiger partial charge in [0.05, 0.1) is 0 Å². The number of benzene rings is 1. The molecule has 0 unspecified atom stereocenters. The van der Waals surface area contributed by atoms with Crippen LogP contribution >= 0.6 is 0 Å². The Hall–Kier alpha value is -2.05. The van der Waals surface area contributed by atoms with Crippen LogP contribution < -0.4 is 5.76 Å². The number of aromatic nitrogens is 2. The van der Waals surface area contributed by atoms with Crippen LogP contribution in [0.2, 0.25) is 0 Å². The predicted molar refractivity (Wildman–Crippen MR) is 76.9 cm³/mol. The molecule has 1 aromatic carbocycles. The maximum absolute atomic E-state index is 13.2. The van der Waals surface area contributed by atoms with Gasteiger partial charge in [-0.3, -0.25) is 9.09 Å². The minimum Gasteiger partial charge on any atom is -0.296 e. The summed E-state index contributed by atoms with van der Waals surface area (Å²) >= 11 is 0. The molecule has 4 nitrogen and oxygen atoms in total. The van der Waals surface area contributed by atoms with Crippen LogP contribution in [0, 0.1) is 11.7 Å². The molecule has 1 heterocycles. The number of rotatable bonds is 4. The van der Waals surface area contributed by atoms with Gasteiger partial charge in [0.2, 0.25) is 5.92 Å². The van der Waals surface area contributed by atoms with Gasteiger partial charge in [-0.1, -0.05) is 17.3 Å². The highest BCUT2D eigenvalue weighted by Gasteiger charge is 2.35. The Morgan fingerprint density at radius 3 is 2.52 bits per heavy atom. The molecular weight excluding hydrogens is 309 g/mol. The van der Waals surface area contributed by atoms with Crippen LogP contribution in [-0.4, -0.2) is 15.6 Å². The van der Waals surface area contributed by atoms with Crippen molar-refractivity contribution in [1.29, 1.82) is 0 Å². The third-order valence-corrected chi connectivity index (χ3v) is 4.31. The Bertz CT molecular complexity index is 712. The zero-order valence-corrected chi connectivity index (χ0v) is 12.5. The normalized spacial score (nSPS) is 18.2. The van der Waals surface area contributed by atoms with Crippen molar-refractivity contribution in [3.63, 3.8) is 0 Å². The van der Waals surface area contributed by atoms with Crippen molar-refractivity contribution in [2.24, 2.45) is 5.92 Å². The van der Waals surface area contributed by atoms with E-state index in [4.69, 9.17) is 4.52 Å². The van der Waals surface area contributed by atoms with Crippen LogP contribution in [0.15, 0.2) is 33.6 Å². The molecular formula is C16H17F3N2O2. The van der Waals surface area contributed by atoms with E-state index in [1.807, 2.05) is 0 Å². The van der Waals surface area contributed by atoms with Gasteiger partial charge in [-0.15, -0.1) is 0 Å². The Morgan fingerprint density at radius 2 is 1.87 bits per heavy atom. The summed E-state index contributed by atoms with van der Waals surface area (Å²) in [5.74, 6) is -3.07. The topological polar surface area (TPSA) is 48.0 Å². The molecule has 0 saturated heterocycles. The van der Waals surface area contributed by atoms with Gasteiger partial charge in [-0.05, 0) is 36.5 Å². The SMILES string of the molecule is O=c1onc(Cc2ccc(F)cc2)n1CC1CCC(F)(F)CC1. The molecule has 1 aliphatic carbocycles. The van der Waals surface area contributed by atoms with Crippen LogP contribution in [0.4, 0.5) is 13.2 Å². The lowest BCUT2D eigenvalue weighted by Crippen LogP contribution is -2.29. The lowest BCUT2D eigenvalue weighted by atomic mass is 9.86. The lowest BCUT2D eigenvalue weighted by molar-refractivity contribution is -0.0475. The summed E-state index contributed by atoms with van der Waals surface area (Å²) in [6.45, 7) is 0.328. The van der Waals surface area contributed by atoms with E-state index >= 15 is 0 Å². The number of alkyl halides is 2. The maximum Gasteiger partial charge on any atom is 0.441 e. The quantitative estimate of drug-likeness (QED) is 0.865. The molecule has 0 bridgehead atoms. The molecule has 7 heteroatoms. The largest absolute Gasteiger partial charge is 0.441 e. The molecule has 1 aromatic heterocycles. The Labute approximate surface area is 130 Å². The lowest BCUT2D eigenvalue weighted by Gasteiger charge is -2.28. The number of hydrogen-bond acceptors (Lipinski definition) is 3. The van der Waals surface area contributed by atoms with Gasteiger partial charge in [-0.25, -0.2) is 18.0 Å². The van der Waals surface area contributed by atoms with Gasteiger partial charge >= 0.3 is 5.76 Å². The first kappa shape index (κ1) is 15.8. The first-order valence-corrected chi connectivity index (χ1v) is 7.61. The molecule has 0 atom stereocenters. The first-order chi connectivity index (χ1) is 10.9. The highest BCUT2D eigenvalue weighted by molar-refractivity contribution is 5.19. The fourth-order valence-electron chi connectivity index (χ4n) is 2.93. The highest BCUT2D eigenvalue weighted by atomic mass is 19.3. The number of nitrogens with zero attached hydrogens (tertiary/aromatic N) is 2. The van der Waals surface area contributed by atoms with Crippen molar-refractivity contribution >= 4 is 0 Å². The van der Waals surface area contributed by atoms with E-state index in [0.29, 0.717) is 31.6 Å². The van der Waals surface area contributed by atoms with E-state index in [1.165, 1.54) is 16.7 Å². The summed E-state index contributed by atoms with van der Waals surface area (Å²) < 4.78 is 45.4. The summed E-state index contributed by atoms with van der Waals surface area (Å²) in [5.41, 5.74) is 0.795. The second-order valence-electron chi connectivity index (χ2n) is 6.08. The summed E-state index contributed by atoms with van der Waals surface area (Å²) in [7, 11) is 0. The van der Waals surface area contributed by atoms with E-state index in [-0.39, 0.29) is 24.6 Å². The highest BCUT2D eigenvalue weighted by Crippen LogP contribution is 2.36. The van der Waals surface area contributed by atoms with Crippen molar-refractivity contribution in [2.75, 3.05) is 0 Å². The smallest absolute Gasteiger partial charge is 0.296 e. The minimum absolute atomic E-state index is 0.0127. The van der Waals surface area contributed by atoms with E-state index in [2.05, 4.69) is 5.16 Å². The molecule has 0 amide bonds. The molecule has 1 saturated carbocycles. The molecule has 3 rings (SSSR count). The second-order valence-corrected chi connectivity index (χ2v) is 6.08. The Morgan fingerprint density at radius 1 is 1.22 bits per heavy atom. The monoisotopic (exact) mass is 326 g/mol. The Kier molecular flexibility index (Phi) is 4.28. The van der Waals surface area contributed by atoms with Crippen LogP contribution in [0.25, 0.3) is 0 Å². The van der Waals surface area contributed by atoms with Crippen molar-refractivity contribution in [3.05, 3.63) is 52.0 Å². The van der Waals surface area contributed by atoms with Gasteiger partial charge in [0.1, 0.15) is 5.82 Å². The van der Waals surface area contributed by atoms with Crippen LogP contribution in [0.5, 0.6) is 0 Å². The second kappa shape index (κ2) is 6.22. The van der Waals surface area contributed by atoms with E-state index in [9.17, 15) is 18.0 Å². The number of halogens is 3. The van der Waals surface area contributed by atoms with Crippen molar-refractivity contribution in [3.8, 4) is 0 Å². The Balaban J connectivity index is 1.72. The summed E-state index contributed by atoms with van der Waals surface area (Å²) in [5, 5.41) is 3.76. The molecule has 2 aromatic rings. The summed E-state index contributed by atoms with van der Waals surface area (Å²) in [6, 6.07) is 5.89. The fraction of sp³-hybridized carbons (Fsp3) is 0.500. The predicted octanol–water partition coefficient (Wildman–Crippen LogP) is 3.39. The van der Waals surface area contributed by atoms with Crippen LogP contribution in [0.1, 0.15) is 37.1 Å². The molecule has 1 fully saturated rings. The van der Waals surface area contributed by atoms with Crippen molar-refractivity contribution in [1.82, 2.24) is 9.72 Å². The molecule has 0 radical (unpaired) electrons. The fourth-order valence-corrected chi connectivity index (χ4v) is 2.93. The average Bonchev–Trinajstić information content (AvgIpc) is 2.84. The maximum atomic E-state index is 13.2. The van der Waals surface area contributed by atoms with E-state index in [1.54, 1.807) is 12.1 Å². The molecule has 1 aliphatic rings. The van der Waals surface area contributed by atoms with Gasteiger partial charge in [0.15, 0.2) is 5.82 Å². The summed E-state index contributed by atoms with van der Waals surface area (Å²) in [4.78, 5) is 11.8. The van der Waals surface area contributed by atoms with E-state index < -0.39 is 11.7 Å². The molecule has 23 heavy (non-hydrogen) atoms. The molecule has 0 N–H and O–H groups in total. The minimum atomic E-state index is -2.59. The van der Waals surface area contributed by atoms with Gasteiger partial charge in [0.25, 0.3) is 0 Å². The van der Waals surface area contributed by atoms with Crippen LogP contribution in [-0.2, 0) is 13.0 Å². The third kappa shape index (κ3) is 3.83. The average molecular weight is 326 g/mol. The zero-order chi connectivity index (χ0) is 16.4. The molecule has 0 spiro atoms. The number of hydrogen-bond donors (Lipinski definition) is 0. The van der Waals surface area contributed by atoms with E-state index in [0.717, 1.165) is 5.56 Å². The van der Waals surface area contributed by atoms with Crippen LogP contribution in [0.3, 0.4) is 0 Å². The standard InChI is InChI=1S/C16H17F3N2O2/c17-13-3-1-11(2-4-13)9-14-20-23-15(22)21(14)10-12-5-7-16(18,19)8-6-12/h1-4,12H,5-10H2. The zero-order valence-electron chi connectivity index (χ0n) is 12.5. The first-order valence-electron chi connectivity index (χ1n) is 7.61. The molecule has 124 valence electrons.